The average Bonchev–Trinajstić information content (AvgIpc) is 2.15. The maximum Gasteiger partial charge on any atom is 0.255 e. The standard InChI is InChI=1S/C12H16ClNO3/c1-7(15)12(2,3)14-11(17)9-5-4-8(13)6-10(9)16/h4-7,15-16H,1-3H3,(H,14,17). The molecule has 1 aromatic rings. The second-order valence-corrected chi connectivity index (χ2v) is 4.95. The van der Waals surface area contributed by atoms with E-state index >= 15 is 0 Å². The Hall–Kier alpha value is -1.26. The number of hydrogen-bond acceptors (Lipinski definition) is 3. The van der Waals surface area contributed by atoms with E-state index in [1.54, 1.807) is 20.8 Å². The Morgan fingerprint density at radius 3 is 2.53 bits per heavy atom. The number of aromatic hydroxyl groups is 1. The third-order valence-electron chi connectivity index (χ3n) is 2.68. The molecule has 1 rings (SSSR count). The van der Waals surface area contributed by atoms with Gasteiger partial charge in [0.2, 0.25) is 0 Å². The van der Waals surface area contributed by atoms with Crippen molar-refractivity contribution in [3.63, 3.8) is 0 Å². The van der Waals surface area contributed by atoms with Gasteiger partial charge >= 0.3 is 0 Å². The number of phenolic OH excluding ortho intramolecular Hbond substituents is 1. The van der Waals surface area contributed by atoms with E-state index in [-0.39, 0.29) is 11.3 Å². The summed E-state index contributed by atoms with van der Waals surface area (Å²) in [7, 11) is 0. The molecule has 0 spiro atoms. The first-order chi connectivity index (χ1) is 7.74. The zero-order valence-electron chi connectivity index (χ0n) is 9.99. The molecule has 0 heterocycles. The van der Waals surface area contributed by atoms with Crippen molar-refractivity contribution in [2.75, 3.05) is 0 Å². The van der Waals surface area contributed by atoms with Crippen LogP contribution in [0.5, 0.6) is 5.75 Å². The van der Waals surface area contributed by atoms with Crippen LogP contribution < -0.4 is 5.32 Å². The van der Waals surface area contributed by atoms with Gasteiger partial charge in [0.05, 0.1) is 17.2 Å². The molecule has 0 saturated carbocycles. The van der Waals surface area contributed by atoms with Gasteiger partial charge in [-0.2, -0.15) is 0 Å². The highest BCUT2D eigenvalue weighted by atomic mass is 35.5. The van der Waals surface area contributed by atoms with Crippen LogP contribution in [0, 0.1) is 0 Å². The number of nitrogens with one attached hydrogen (secondary N) is 1. The zero-order valence-corrected chi connectivity index (χ0v) is 10.7. The number of aliphatic hydroxyl groups excluding tert-OH is 1. The van der Waals surface area contributed by atoms with E-state index in [0.29, 0.717) is 5.02 Å². The molecule has 0 fully saturated rings. The molecule has 1 atom stereocenters. The summed E-state index contributed by atoms with van der Waals surface area (Å²) in [6.45, 7) is 4.98. The normalized spacial score (nSPS) is 13.2. The van der Waals surface area contributed by atoms with E-state index in [2.05, 4.69) is 5.32 Å². The number of carbonyl (C=O) groups excluding carboxylic acids is 1. The van der Waals surface area contributed by atoms with E-state index in [1.165, 1.54) is 18.2 Å². The van der Waals surface area contributed by atoms with Crippen molar-refractivity contribution in [2.45, 2.75) is 32.4 Å². The van der Waals surface area contributed by atoms with E-state index in [9.17, 15) is 15.0 Å². The second-order valence-electron chi connectivity index (χ2n) is 4.51. The smallest absolute Gasteiger partial charge is 0.255 e. The Kier molecular flexibility index (Phi) is 4.01. The molecule has 4 nitrogen and oxygen atoms in total. The third kappa shape index (κ3) is 3.35. The summed E-state index contributed by atoms with van der Waals surface area (Å²) < 4.78 is 0. The number of benzene rings is 1. The van der Waals surface area contributed by atoms with Crippen molar-refractivity contribution in [3.8, 4) is 5.75 Å². The SMILES string of the molecule is CC(O)C(C)(C)NC(=O)c1ccc(Cl)cc1O. The first-order valence-electron chi connectivity index (χ1n) is 5.23. The van der Waals surface area contributed by atoms with Crippen molar-refractivity contribution in [2.24, 2.45) is 0 Å². The number of amides is 1. The van der Waals surface area contributed by atoms with Crippen LogP contribution in [0.3, 0.4) is 0 Å². The number of carbonyl (C=O) groups is 1. The molecule has 0 radical (unpaired) electrons. The quantitative estimate of drug-likeness (QED) is 0.775. The Morgan fingerprint density at radius 2 is 2.06 bits per heavy atom. The molecule has 0 bridgehead atoms. The van der Waals surface area contributed by atoms with Gasteiger partial charge in [-0.1, -0.05) is 11.6 Å². The summed E-state index contributed by atoms with van der Waals surface area (Å²) in [5.41, 5.74) is -0.647. The van der Waals surface area contributed by atoms with Gasteiger partial charge in [0.25, 0.3) is 5.91 Å². The van der Waals surface area contributed by atoms with Gasteiger partial charge in [0, 0.05) is 5.02 Å². The van der Waals surface area contributed by atoms with Gasteiger partial charge < -0.3 is 15.5 Å². The molecule has 1 aromatic carbocycles. The highest BCUT2D eigenvalue weighted by molar-refractivity contribution is 6.30. The van der Waals surface area contributed by atoms with Crippen LogP contribution in [0.15, 0.2) is 18.2 Å². The van der Waals surface area contributed by atoms with Crippen molar-refractivity contribution in [1.82, 2.24) is 5.32 Å². The molecule has 0 aromatic heterocycles. The van der Waals surface area contributed by atoms with Crippen LogP contribution in [0.25, 0.3) is 0 Å². The maximum absolute atomic E-state index is 11.9. The number of aliphatic hydroxyl groups is 1. The number of rotatable bonds is 3. The topological polar surface area (TPSA) is 69.6 Å². The van der Waals surface area contributed by atoms with Gasteiger partial charge in [-0.15, -0.1) is 0 Å². The fraction of sp³-hybridized carbons (Fsp3) is 0.417. The van der Waals surface area contributed by atoms with E-state index < -0.39 is 17.6 Å². The monoisotopic (exact) mass is 257 g/mol. The molecule has 0 saturated heterocycles. The summed E-state index contributed by atoms with van der Waals surface area (Å²) >= 11 is 5.67. The van der Waals surface area contributed by atoms with Crippen LogP contribution >= 0.6 is 11.6 Å². The summed E-state index contributed by atoms with van der Waals surface area (Å²) in [6.07, 6.45) is -0.708. The van der Waals surface area contributed by atoms with Gasteiger partial charge in [-0.3, -0.25) is 4.79 Å². The minimum absolute atomic E-state index is 0.128. The number of phenols is 1. The highest BCUT2D eigenvalue weighted by Crippen LogP contribution is 2.22. The Bertz CT molecular complexity index is 430. The number of hydrogen-bond donors (Lipinski definition) is 3. The Morgan fingerprint density at radius 1 is 1.47 bits per heavy atom. The van der Waals surface area contributed by atoms with Crippen LogP contribution in [0.2, 0.25) is 5.02 Å². The summed E-state index contributed by atoms with van der Waals surface area (Å²) in [6, 6.07) is 4.25. The second kappa shape index (κ2) is 4.94. The lowest BCUT2D eigenvalue weighted by atomic mass is 9.98. The fourth-order valence-corrected chi connectivity index (χ4v) is 1.33. The molecule has 3 N–H and O–H groups in total. The zero-order chi connectivity index (χ0) is 13.2. The minimum Gasteiger partial charge on any atom is -0.507 e. The molecule has 0 aliphatic carbocycles. The molecular weight excluding hydrogens is 242 g/mol. The summed E-state index contributed by atoms with van der Waals surface area (Å²) in [4.78, 5) is 11.9. The van der Waals surface area contributed by atoms with Crippen molar-refractivity contribution < 1.29 is 15.0 Å². The molecule has 0 aliphatic heterocycles. The van der Waals surface area contributed by atoms with Crippen LogP contribution in [0.1, 0.15) is 31.1 Å². The lowest BCUT2D eigenvalue weighted by Gasteiger charge is -2.29. The van der Waals surface area contributed by atoms with Crippen LogP contribution in [-0.2, 0) is 0 Å². The molecule has 94 valence electrons. The summed E-state index contributed by atoms with van der Waals surface area (Å²) in [5, 5.41) is 22.1. The van der Waals surface area contributed by atoms with Gasteiger partial charge in [-0.25, -0.2) is 0 Å². The minimum atomic E-state index is -0.775. The molecular formula is C12H16ClNO3. The first kappa shape index (κ1) is 13.8. The fourth-order valence-electron chi connectivity index (χ4n) is 1.16. The van der Waals surface area contributed by atoms with E-state index in [4.69, 9.17) is 11.6 Å². The lowest BCUT2D eigenvalue weighted by Crippen LogP contribution is -2.50. The predicted molar refractivity (Wildman–Crippen MR) is 66.3 cm³/mol. The van der Waals surface area contributed by atoms with Gasteiger partial charge in [0.15, 0.2) is 0 Å². The molecule has 1 amide bonds. The van der Waals surface area contributed by atoms with Crippen LogP contribution in [-0.4, -0.2) is 27.8 Å². The van der Waals surface area contributed by atoms with E-state index in [1.807, 2.05) is 0 Å². The van der Waals surface area contributed by atoms with Crippen LogP contribution in [0.4, 0.5) is 0 Å². The average molecular weight is 258 g/mol. The molecule has 0 aliphatic rings. The number of halogens is 1. The molecule has 1 unspecified atom stereocenters. The van der Waals surface area contributed by atoms with Gasteiger partial charge in [0.1, 0.15) is 5.75 Å². The maximum atomic E-state index is 11.9. The molecule has 17 heavy (non-hydrogen) atoms. The Balaban J connectivity index is 2.91. The first-order valence-corrected chi connectivity index (χ1v) is 5.61. The van der Waals surface area contributed by atoms with Crippen molar-refractivity contribution in [1.29, 1.82) is 0 Å². The molecule has 5 heteroatoms. The predicted octanol–water partition coefficient (Wildman–Crippen LogP) is 1.93. The lowest BCUT2D eigenvalue weighted by molar-refractivity contribution is 0.0707. The van der Waals surface area contributed by atoms with Gasteiger partial charge in [-0.05, 0) is 39.0 Å². The highest BCUT2D eigenvalue weighted by Gasteiger charge is 2.27. The third-order valence-corrected chi connectivity index (χ3v) is 2.92. The van der Waals surface area contributed by atoms with Crippen molar-refractivity contribution >= 4 is 17.5 Å². The van der Waals surface area contributed by atoms with E-state index in [0.717, 1.165) is 0 Å². The largest absolute Gasteiger partial charge is 0.507 e. The Labute approximate surface area is 105 Å². The summed E-state index contributed by atoms with van der Waals surface area (Å²) in [5.74, 6) is -0.638. The van der Waals surface area contributed by atoms with Crippen molar-refractivity contribution in [3.05, 3.63) is 28.8 Å².